The van der Waals surface area contributed by atoms with E-state index < -0.39 is 5.97 Å². The molecule has 0 saturated carbocycles. The normalized spacial score (nSPS) is 23.6. The molecule has 2 atom stereocenters. The largest absolute Gasteiger partial charge is 0.475 e. The Balaban J connectivity index is 2.34. The summed E-state index contributed by atoms with van der Waals surface area (Å²) in [5, 5.41) is 16.1. The molecular formula is C10H16N4O2. The Hall–Kier alpha value is -1.59. The van der Waals surface area contributed by atoms with Gasteiger partial charge in [0.15, 0.2) is 0 Å². The molecule has 2 heterocycles. The van der Waals surface area contributed by atoms with Gasteiger partial charge in [0.05, 0.1) is 6.04 Å². The first-order valence-electron chi connectivity index (χ1n) is 5.62. The molecular weight excluding hydrogens is 208 g/mol. The quantitative estimate of drug-likeness (QED) is 0.813. The van der Waals surface area contributed by atoms with E-state index in [2.05, 4.69) is 29.2 Å². The first kappa shape index (κ1) is 10.9. The van der Waals surface area contributed by atoms with Crippen LogP contribution in [0.15, 0.2) is 0 Å². The minimum absolute atomic E-state index is 0.127. The van der Waals surface area contributed by atoms with Crippen molar-refractivity contribution in [2.45, 2.75) is 45.2 Å². The van der Waals surface area contributed by atoms with Gasteiger partial charge in [-0.25, -0.2) is 9.48 Å². The lowest BCUT2D eigenvalue weighted by molar-refractivity contribution is 0.0683. The molecule has 0 radical (unpaired) electrons. The second-order valence-electron chi connectivity index (χ2n) is 4.06. The third-order valence-electron chi connectivity index (χ3n) is 3.02. The van der Waals surface area contributed by atoms with E-state index in [1.54, 1.807) is 4.68 Å². The van der Waals surface area contributed by atoms with E-state index in [0.717, 1.165) is 19.3 Å². The lowest BCUT2D eigenvalue weighted by atomic mass is 10.0. The van der Waals surface area contributed by atoms with Crippen LogP contribution in [0.1, 0.15) is 49.8 Å². The summed E-state index contributed by atoms with van der Waals surface area (Å²) in [6.07, 6.45) is 2.92. The lowest BCUT2D eigenvalue weighted by Crippen LogP contribution is -2.31. The highest BCUT2D eigenvalue weighted by atomic mass is 16.4. The smallest absolute Gasteiger partial charge is 0.375 e. The number of fused-ring (bicyclic) bond motifs is 1. The van der Waals surface area contributed by atoms with Gasteiger partial charge < -0.3 is 10.4 Å². The van der Waals surface area contributed by atoms with Gasteiger partial charge in [-0.2, -0.15) is 4.98 Å². The van der Waals surface area contributed by atoms with E-state index in [1.807, 2.05) is 0 Å². The zero-order chi connectivity index (χ0) is 11.7. The van der Waals surface area contributed by atoms with E-state index in [1.165, 1.54) is 0 Å². The molecule has 2 N–H and O–H groups in total. The van der Waals surface area contributed by atoms with Gasteiger partial charge >= 0.3 is 5.97 Å². The van der Waals surface area contributed by atoms with Crippen LogP contribution in [-0.2, 0) is 0 Å². The van der Waals surface area contributed by atoms with E-state index in [-0.39, 0.29) is 11.9 Å². The van der Waals surface area contributed by atoms with Gasteiger partial charge in [0.25, 0.3) is 5.82 Å². The van der Waals surface area contributed by atoms with Crippen molar-refractivity contribution in [3.8, 4) is 0 Å². The van der Waals surface area contributed by atoms with Gasteiger partial charge in [0.1, 0.15) is 0 Å². The summed E-state index contributed by atoms with van der Waals surface area (Å²) in [7, 11) is 0. The van der Waals surface area contributed by atoms with Gasteiger partial charge in [-0.1, -0.05) is 13.8 Å². The number of hydrogen-bond donors (Lipinski definition) is 2. The van der Waals surface area contributed by atoms with E-state index in [4.69, 9.17) is 5.11 Å². The summed E-state index contributed by atoms with van der Waals surface area (Å²) in [6, 6.07) is 0.616. The zero-order valence-electron chi connectivity index (χ0n) is 9.47. The number of carboxylic acid groups (broad SMARTS) is 1. The van der Waals surface area contributed by atoms with Crippen LogP contribution in [0.5, 0.6) is 0 Å². The topological polar surface area (TPSA) is 80.0 Å². The molecule has 16 heavy (non-hydrogen) atoms. The maximum atomic E-state index is 10.8. The molecule has 2 rings (SSSR count). The number of carbonyl (C=O) groups is 1. The Morgan fingerprint density at radius 2 is 2.31 bits per heavy atom. The minimum atomic E-state index is -1.08. The molecule has 0 bridgehead atoms. The summed E-state index contributed by atoms with van der Waals surface area (Å²) >= 11 is 0. The van der Waals surface area contributed by atoms with Crippen LogP contribution >= 0.6 is 0 Å². The minimum Gasteiger partial charge on any atom is -0.475 e. The molecule has 0 amide bonds. The third-order valence-corrected chi connectivity index (χ3v) is 3.02. The molecule has 1 aliphatic rings. The van der Waals surface area contributed by atoms with Gasteiger partial charge in [-0.3, -0.25) is 0 Å². The molecule has 1 aromatic rings. The Bertz CT molecular complexity index is 402. The van der Waals surface area contributed by atoms with Crippen molar-refractivity contribution in [2.75, 3.05) is 5.32 Å². The molecule has 6 heteroatoms. The van der Waals surface area contributed by atoms with Gasteiger partial charge in [0, 0.05) is 6.04 Å². The Labute approximate surface area is 93.7 Å². The fraction of sp³-hybridized carbons (Fsp3) is 0.700. The van der Waals surface area contributed by atoms with Crippen LogP contribution in [0, 0.1) is 0 Å². The summed E-state index contributed by atoms with van der Waals surface area (Å²) < 4.78 is 1.70. The van der Waals surface area contributed by atoms with Crippen molar-refractivity contribution in [1.82, 2.24) is 14.8 Å². The zero-order valence-corrected chi connectivity index (χ0v) is 9.47. The molecule has 6 nitrogen and oxygen atoms in total. The summed E-state index contributed by atoms with van der Waals surface area (Å²) in [4.78, 5) is 14.8. The van der Waals surface area contributed by atoms with Crippen LogP contribution in [0.25, 0.3) is 0 Å². The van der Waals surface area contributed by atoms with E-state index in [0.29, 0.717) is 12.0 Å². The molecule has 2 unspecified atom stereocenters. The SMILES string of the molecule is CCC1CC(CC)n2nc(C(=O)O)nc2N1. The number of aromatic nitrogens is 3. The average Bonchev–Trinajstić information content (AvgIpc) is 2.71. The second-order valence-corrected chi connectivity index (χ2v) is 4.06. The van der Waals surface area contributed by atoms with Crippen molar-refractivity contribution in [3.63, 3.8) is 0 Å². The lowest BCUT2D eigenvalue weighted by Gasteiger charge is -2.29. The number of carboxylic acids is 1. The van der Waals surface area contributed by atoms with Crippen molar-refractivity contribution in [2.24, 2.45) is 0 Å². The predicted molar refractivity (Wildman–Crippen MR) is 58.6 cm³/mol. The molecule has 0 spiro atoms. The predicted octanol–water partition coefficient (Wildman–Crippen LogP) is 1.52. The van der Waals surface area contributed by atoms with Gasteiger partial charge in [-0.15, -0.1) is 5.10 Å². The van der Waals surface area contributed by atoms with Crippen LogP contribution in [0.3, 0.4) is 0 Å². The Morgan fingerprint density at radius 3 is 2.88 bits per heavy atom. The van der Waals surface area contributed by atoms with Gasteiger partial charge in [-0.05, 0) is 19.3 Å². The summed E-state index contributed by atoms with van der Waals surface area (Å²) in [5.41, 5.74) is 0. The summed E-state index contributed by atoms with van der Waals surface area (Å²) in [6.45, 7) is 4.18. The second kappa shape index (κ2) is 4.11. The monoisotopic (exact) mass is 224 g/mol. The van der Waals surface area contributed by atoms with Crippen LogP contribution < -0.4 is 5.32 Å². The highest BCUT2D eigenvalue weighted by molar-refractivity contribution is 5.83. The summed E-state index contributed by atoms with van der Waals surface area (Å²) in [5.74, 6) is -0.619. The van der Waals surface area contributed by atoms with E-state index >= 15 is 0 Å². The van der Waals surface area contributed by atoms with Crippen LogP contribution in [0.4, 0.5) is 5.95 Å². The molecule has 0 aromatic carbocycles. The van der Waals surface area contributed by atoms with Crippen molar-refractivity contribution >= 4 is 11.9 Å². The average molecular weight is 224 g/mol. The molecule has 88 valence electrons. The maximum Gasteiger partial charge on any atom is 0.375 e. The number of nitrogens with zero attached hydrogens (tertiary/aromatic N) is 3. The first-order valence-corrected chi connectivity index (χ1v) is 5.62. The highest BCUT2D eigenvalue weighted by Gasteiger charge is 2.28. The standard InChI is InChI=1S/C10H16N4O2/c1-3-6-5-7(4-2)14-10(11-6)12-8(13-14)9(15)16/h6-7H,3-5H2,1-2H3,(H,15,16)(H,11,12,13). The number of nitrogens with one attached hydrogen (secondary N) is 1. The molecule has 0 aliphatic carbocycles. The molecule has 1 aromatic heterocycles. The first-order chi connectivity index (χ1) is 7.65. The Morgan fingerprint density at radius 1 is 1.56 bits per heavy atom. The number of aromatic carboxylic acids is 1. The van der Waals surface area contributed by atoms with Gasteiger partial charge in [0.2, 0.25) is 5.95 Å². The highest BCUT2D eigenvalue weighted by Crippen LogP contribution is 2.28. The van der Waals surface area contributed by atoms with Crippen LogP contribution in [0.2, 0.25) is 0 Å². The fourth-order valence-corrected chi connectivity index (χ4v) is 2.05. The van der Waals surface area contributed by atoms with E-state index in [9.17, 15) is 4.79 Å². The molecule has 0 fully saturated rings. The molecule has 0 saturated heterocycles. The maximum absolute atomic E-state index is 10.8. The number of rotatable bonds is 3. The number of hydrogen-bond acceptors (Lipinski definition) is 4. The van der Waals surface area contributed by atoms with Crippen LogP contribution in [-0.4, -0.2) is 31.9 Å². The fourth-order valence-electron chi connectivity index (χ4n) is 2.05. The third kappa shape index (κ3) is 1.75. The van der Waals surface area contributed by atoms with Crippen molar-refractivity contribution in [3.05, 3.63) is 5.82 Å². The number of anilines is 1. The van der Waals surface area contributed by atoms with Crippen molar-refractivity contribution < 1.29 is 9.90 Å². The Kier molecular flexibility index (Phi) is 2.80. The molecule has 1 aliphatic heterocycles. The van der Waals surface area contributed by atoms with Crippen molar-refractivity contribution in [1.29, 1.82) is 0 Å².